The van der Waals surface area contributed by atoms with Crippen LogP contribution in [0.5, 0.6) is 0 Å². The Balaban J connectivity index is 1.97. The predicted molar refractivity (Wildman–Crippen MR) is 73.3 cm³/mol. The number of hydrogen-bond donors (Lipinski definition) is 2. The predicted octanol–water partition coefficient (Wildman–Crippen LogP) is 2.77. The minimum absolute atomic E-state index is 0.0119. The van der Waals surface area contributed by atoms with E-state index in [4.69, 9.17) is 23.8 Å². The smallest absolute Gasteiger partial charge is 0.240 e. The normalized spacial score (nSPS) is 14.8. The highest BCUT2D eigenvalue weighted by Crippen LogP contribution is 2.23. The van der Waals surface area contributed by atoms with E-state index in [2.05, 4.69) is 10.3 Å². The molecule has 0 unspecified atom stereocenters. The van der Waals surface area contributed by atoms with Crippen LogP contribution in [0.2, 0.25) is 5.02 Å². The van der Waals surface area contributed by atoms with E-state index in [0.29, 0.717) is 21.8 Å². The quantitative estimate of drug-likeness (QED) is 0.856. The summed E-state index contributed by atoms with van der Waals surface area (Å²) in [4.78, 5) is 14.7. The lowest BCUT2D eigenvalue weighted by Crippen LogP contribution is -2.29. The van der Waals surface area contributed by atoms with Crippen LogP contribution in [0.4, 0.5) is 4.39 Å². The van der Waals surface area contributed by atoms with E-state index in [1.165, 1.54) is 12.1 Å². The number of amides is 1. The number of aromatic amines is 1. The third kappa shape index (κ3) is 2.50. The number of fused-ring (bicyclic) bond motifs is 1. The lowest BCUT2D eigenvalue weighted by molar-refractivity contribution is -0.121. The first-order valence-electron chi connectivity index (χ1n) is 5.91. The van der Waals surface area contributed by atoms with Gasteiger partial charge in [-0.1, -0.05) is 11.6 Å². The number of halogens is 2. The molecule has 1 fully saturated rings. The molecule has 0 atom stereocenters. The SMILES string of the molecule is O=C(Cn1c(=S)[nH]c2cc(F)c(Cl)cc21)NC1CC1. The van der Waals surface area contributed by atoms with Crippen molar-refractivity contribution in [3.63, 3.8) is 0 Å². The van der Waals surface area contributed by atoms with Crippen molar-refractivity contribution in [2.75, 3.05) is 0 Å². The van der Waals surface area contributed by atoms with Gasteiger partial charge in [-0.05, 0) is 31.1 Å². The van der Waals surface area contributed by atoms with Crippen molar-refractivity contribution in [2.45, 2.75) is 25.4 Å². The van der Waals surface area contributed by atoms with Gasteiger partial charge < -0.3 is 14.9 Å². The van der Waals surface area contributed by atoms with Gasteiger partial charge in [0.15, 0.2) is 4.77 Å². The number of carbonyl (C=O) groups excluding carboxylic acids is 1. The Morgan fingerprint density at radius 2 is 2.32 bits per heavy atom. The summed E-state index contributed by atoms with van der Waals surface area (Å²) in [5.41, 5.74) is 1.16. The van der Waals surface area contributed by atoms with Crippen molar-refractivity contribution in [1.29, 1.82) is 0 Å². The lowest BCUT2D eigenvalue weighted by Gasteiger charge is -2.05. The standard InChI is InChI=1S/C12H11ClFN3OS/c13-7-3-10-9(4-8(7)14)16-12(19)17(10)5-11(18)15-6-1-2-6/h3-4,6H,1-2,5H2,(H,15,18)(H,16,19). The van der Waals surface area contributed by atoms with Gasteiger partial charge in [0.05, 0.1) is 16.1 Å². The van der Waals surface area contributed by atoms with Gasteiger partial charge in [0, 0.05) is 12.1 Å². The molecule has 1 aromatic carbocycles. The van der Waals surface area contributed by atoms with Gasteiger partial charge in [0.1, 0.15) is 12.4 Å². The number of imidazole rings is 1. The van der Waals surface area contributed by atoms with E-state index in [0.717, 1.165) is 12.8 Å². The molecule has 1 saturated carbocycles. The lowest BCUT2D eigenvalue weighted by atomic mass is 10.3. The zero-order valence-corrected chi connectivity index (χ0v) is 11.4. The summed E-state index contributed by atoms with van der Waals surface area (Å²) in [6, 6.07) is 3.05. The fourth-order valence-corrected chi connectivity index (χ4v) is 2.38. The number of nitrogens with one attached hydrogen (secondary N) is 2. The van der Waals surface area contributed by atoms with Crippen LogP contribution in [0.15, 0.2) is 12.1 Å². The Bertz CT molecular complexity index is 720. The van der Waals surface area contributed by atoms with Gasteiger partial charge in [-0.25, -0.2) is 4.39 Å². The van der Waals surface area contributed by atoms with Gasteiger partial charge in [0.2, 0.25) is 5.91 Å². The second-order valence-corrected chi connectivity index (χ2v) is 5.44. The first-order valence-corrected chi connectivity index (χ1v) is 6.70. The molecule has 100 valence electrons. The average molecular weight is 300 g/mol. The zero-order chi connectivity index (χ0) is 13.6. The van der Waals surface area contributed by atoms with Crippen molar-refractivity contribution in [2.24, 2.45) is 0 Å². The summed E-state index contributed by atoms with van der Waals surface area (Å²) in [7, 11) is 0. The molecule has 7 heteroatoms. The molecule has 3 rings (SSSR count). The molecule has 1 amide bonds. The van der Waals surface area contributed by atoms with Crippen molar-refractivity contribution in [1.82, 2.24) is 14.9 Å². The number of nitrogens with zero attached hydrogens (tertiary/aromatic N) is 1. The monoisotopic (exact) mass is 299 g/mol. The molecule has 2 N–H and O–H groups in total. The highest BCUT2D eigenvalue weighted by molar-refractivity contribution is 7.71. The summed E-state index contributed by atoms with van der Waals surface area (Å²) in [6.07, 6.45) is 2.06. The summed E-state index contributed by atoms with van der Waals surface area (Å²) in [5.74, 6) is -0.611. The molecule has 1 aliphatic rings. The minimum Gasteiger partial charge on any atom is -0.352 e. The van der Waals surface area contributed by atoms with E-state index in [1.54, 1.807) is 4.57 Å². The molecule has 0 spiro atoms. The largest absolute Gasteiger partial charge is 0.352 e. The van der Waals surface area contributed by atoms with Crippen LogP contribution in [-0.2, 0) is 11.3 Å². The van der Waals surface area contributed by atoms with Crippen LogP contribution in [-0.4, -0.2) is 21.5 Å². The van der Waals surface area contributed by atoms with Gasteiger partial charge in [-0.15, -0.1) is 0 Å². The molecule has 2 aromatic rings. The van der Waals surface area contributed by atoms with E-state index < -0.39 is 5.82 Å². The van der Waals surface area contributed by atoms with Crippen LogP contribution < -0.4 is 5.32 Å². The summed E-state index contributed by atoms with van der Waals surface area (Å²) in [6.45, 7) is 0.108. The molecule has 0 radical (unpaired) electrons. The maximum Gasteiger partial charge on any atom is 0.240 e. The molecule has 1 aromatic heterocycles. The second-order valence-electron chi connectivity index (χ2n) is 4.64. The fraction of sp³-hybridized carbons (Fsp3) is 0.333. The first-order chi connectivity index (χ1) is 9.04. The van der Waals surface area contributed by atoms with Gasteiger partial charge in [-0.2, -0.15) is 0 Å². The Hall–Kier alpha value is -1.40. The number of hydrogen-bond acceptors (Lipinski definition) is 2. The van der Waals surface area contributed by atoms with Crippen LogP contribution in [0.25, 0.3) is 11.0 Å². The average Bonchev–Trinajstić information content (AvgIpc) is 3.09. The molecular formula is C12H11ClFN3OS. The molecule has 1 aliphatic carbocycles. The molecule has 1 heterocycles. The number of aromatic nitrogens is 2. The summed E-state index contributed by atoms with van der Waals surface area (Å²) < 4.78 is 15.4. The van der Waals surface area contributed by atoms with Gasteiger partial charge in [-0.3, -0.25) is 4.79 Å². The van der Waals surface area contributed by atoms with Crippen molar-refractivity contribution < 1.29 is 9.18 Å². The van der Waals surface area contributed by atoms with Gasteiger partial charge in [0.25, 0.3) is 0 Å². The van der Waals surface area contributed by atoms with E-state index in [-0.39, 0.29) is 17.5 Å². The summed E-state index contributed by atoms with van der Waals surface area (Å²) >= 11 is 10.9. The maximum atomic E-state index is 13.4. The molecule has 19 heavy (non-hydrogen) atoms. The topological polar surface area (TPSA) is 49.8 Å². The van der Waals surface area contributed by atoms with Crippen LogP contribution >= 0.6 is 23.8 Å². The van der Waals surface area contributed by atoms with E-state index in [1.807, 2.05) is 0 Å². The second kappa shape index (κ2) is 4.61. The van der Waals surface area contributed by atoms with E-state index >= 15 is 0 Å². The molecular weight excluding hydrogens is 289 g/mol. The van der Waals surface area contributed by atoms with Crippen molar-refractivity contribution >= 4 is 40.8 Å². The zero-order valence-electron chi connectivity index (χ0n) is 9.87. The number of H-pyrrole nitrogens is 1. The maximum absolute atomic E-state index is 13.4. The Morgan fingerprint density at radius 3 is 3.00 bits per heavy atom. The Labute approximate surface area is 118 Å². The first kappa shape index (κ1) is 12.6. The molecule has 4 nitrogen and oxygen atoms in total. The molecule has 0 bridgehead atoms. The third-order valence-electron chi connectivity index (χ3n) is 3.06. The molecule has 0 aliphatic heterocycles. The number of carbonyl (C=O) groups is 1. The highest BCUT2D eigenvalue weighted by atomic mass is 35.5. The van der Waals surface area contributed by atoms with Crippen LogP contribution in [0.1, 0.15) is 12.8 Å². The van der Waals surface area contributed by atoms with Crippen LogP contribution in [0.3, 0.4) is 0 Å². The van der Waals surface area contributed by atoms with E-state index in [9.17, 15) is 9.18 Å². The van der Waals surface area contributed by atoms with Gasteiger partial charge >= 0.3 is 0 Å². The van der Waals surface area contributed by atoms with Crippen molar-refractivity contribution in [3.8, 4) is 0 Å². The molecule has 0 saturated heterocycles. The third-order valence-corrected chi connectivity index (χ3v) is 3.67. The summed E-state index contributed by atoms with van der Waals surface area (Å²) in [5, 5.41) is 2.89. The minimum atomic E-state index is -0.514. The number of rotatable bonds is 3. The fourth-order valence-electron chi connectivity index (χ4n) is 1.95. The Kier molecular flexibility index (Phi) is 3.06. The highest BCUT2D eigenvalue weighted by Gasteiger charge is 2.23. The number of benzene rings is 1. The van der Waals surface area contributed by atoms with Crippen LogP contribution in [0, 0.1) is 10.6 Å². The Morgan fingerprint density at radius 1 is 1.58 bits per heavy atom. The van der Waals surface area contributed by atoms with Crippen molar-refractivity contribution in [3.05, 3.63) is 27.7 Å².